The highest BCUT2D eigenvalue weighted by molar-refractivity contribution is 5.86. The third kappa shape index (κ3) is 2.61. The lowest BCUT2D eigenvalue weighted by Gasteiger charge is -2.05. The Morgan fingerprint density at radius 3 is 2.10 bits per heavy atom. The predicted molar refractivity (Wildman–Crippen MR) is 68.7 cm³/mol. The van der Waals surface area contributed by atoms with Crippen LogP contribution < -0.4 is 0 Å². The van der Waals surface area contributed by atoms with Crippen LogP contribution in [0, 0.1) is 11.6 Å². The van der Waals surface area contributed by atoms with E-state index in [0.717, 1.165) is 30.3 Å². The molecular formula is C15H8F5N. The smallest absolute Gasteiger partial charge is 0.355 e. The molecule has 0 aliphatic heterocycles. The molecule has 1 heterocycles. The zero-order valence-corrected chi connectivity index (χ0v) is 10.4. The zero-order chi connectivity index (χ0) is 15.2. The van der Waals surface area contributed by atoms with Gasteiger partial charge in [-0.25, -0.2) is 8.78 Å². The van der Waals surface area contributed by atoms with Crippen molar-refractivity contribution >= 4 is 10.9 Å². The van der Waals surface area contributed by atoms with E-state index in [-0.39, 0.29) is 5.56 Å². The molecule has 0 aliphatic rings. The van der Waals surface area contributed by atoms with Crippen molar-refractivity contribution in [3.63, 3.8) is 0 Å². The molecule has 0 unspecified atom stereocenters. The van der Waals surface area contributed by atoms with E-state index in [1.807, 2.05) is 0 Å². The van der Waals surface area contributed by atoms with E-state index in [1.165, 1.54) is 12.1 Å². The number of rotatable bonds is 1. The van der Waals surface area contributed by atoms with Gasteiger partial charge in [0.2, 0.25) is 0 Å². The molecule has 3 aromatic rings. The molecule has 0 radical (unpaired) electrons. The minimum atomic E-state index is -4.43. The third-order valence-corrected chi connectivity index (χ3v) is 3.12. The normalized spacial score (nSPS) is 12.0. The highest BCUT2D eigenvalue weighted by Gasteiger charge is 2.30. The monoisotopic (exact) mass is 297 g/mol. The van der Waals surface area contributed by atoms with E-state index in [2.05, 4.69) is 4.98 Å². The number of hydrogen-bond donors (Lipinski definition) is 1. The van der Waals surface area contributed by atoms with E-state index in [9.17, 15) is 22.0 Å². The lowest BCUT2D eigenvalue weighted by molar-refractivity contribution is -0.137. The second kappa shape index (κ2) is 4.58. The van der Waals surface area contributed by atoms with Crippen LogP contribution in [0.5, 0.6) is 0 Å². The fourth-order valence-electron chi connectivity index (χ4n) is 2.17. The Hall–Kier alpha value is -2.37. The number of halogens is 5. The minimum absolute atomic E-state index is 0.234. The van der Waals surface area contributed by atoms with E-state index in [4.69, 9.17) is 0 Å². The fraction of sp³-hybridized carbons (Fsp3) is 0.0667. The van der Waals surface area contributed by atoms with Crippen molar-refractivity contribution in [1.29, 1.82) is 0 Å². The quantitative estimate of drug-likeness (QED) is 0.599. The van der Waals surface area contributed by atoms with Crippen molar-refractivity contribution in [1.82, 2.24) is 4.98 Å². The number of alkyl halides is 3. The summed E-state index contributed by atoms with van der Waals surface area (Å²) in [5.41, 5.74) is 0.272. The molecule has 1 nitrogen and oxygen atoms in total. The Balaban J connectivity index is 2.13. The van der Waals surface area contributed by atoms with E-state index in [0.29, 0.717) is 16.6 Å². The largest absolute Gasteiger partial charge is 0.416 e. The summed E-state index contributed by atoms with van der Waals surface area (Å²) < 4.78 is 64.3. The molecule has 21 heavy (non-hydrogen) atoms. The van der Waals surface area contributed by atoms with Crippen LogP contribution in [0.1, 0.15) is 5.56 Å². The van der Waals surface area contributed by atoms with Crippen molar-refractivity contribution in [2.75, 3.05) is 0 Å². The van der Waals surface area contributed by atoms with Crippen LogP contribution in [0.15, 0.2) is 42.5 Å². The van der Waals surface area contributed by atoms with Crippen LogP contribution >= 0.6 is 0 Å². The second-order valence-electron chi connectivity index (χ2n) is 4.64. The average molecular weight is 297 g/mol. The van der Waals surface area contributed by atoms with Crippen molar-refractivity contribution in [3.8, 4) is 11.3 Å². The number of hydrogen-bond acceptors (Lipinski definition) is 0. The van der Waals surface area contributed by atoms with Crippen LogP contribution in [-0.2, 0) is 6.18 Å². The molecular weight excluding hydrogens is 289 g/mol. The Bertz CT molecular complexity index is 796. The second-order valence-corrected chi connectivity index (χ2v) is 4.64. The summed E-state index contributed by atoms with van der Waals surface area (Å²) in [6, 6.07) is 7.61. The van der Waals surface area contributed by atoms with Gasteiger partial charge in [-0.2, -0.15) is 13.2 Å². The van der Waals surface area contributed by atoms with Gasteiger partial charge >= 0.3 is 6.18 Å². The molecule has 0 saturated carbocycles. The summed E-state index contributed by atoms with van der Waals surface area (Å²) in [6.45, 7) is 0. The molecule has 2 aromatic carbocycles. The van der Waals surface area contributed by atoms with Gasteiger partial charge in [0.1, 0.15) is 11.6 Å². The van der Waals surface area contributed by atoms with Gasteiger partial charge in [0, 0.05) is 28.2 Å². The first-order chi connectivity index (χ1) is 9.83. The number of nitrogens with one attached hydrogen (secondary N) is 1. The molecule has 0 saturated heterocycles. The molecule has 0 atom stereocenters. The first-order valence-corrected chi connectivity index (χ1v) is 5.99. The number of aromatic nitrogens is 1. The lowest BCUT2D eigenvalue weighted by atomic mass is 10.1. The fourth-order valence-corrected chi connectivity index (χ4v) is 2.17. The minimum Gasteiger partial charge on any atom is -0.355 e. The highest BCUT2D eigenvalue weighted by Crippen LogP contribution is 2.33. The maximum Gasteiger partial charge on any atom is 0.416 e. The van der Waals surface area contributed by atoms with Gasteiger partial charge < -0.3 is 4.98 Å². The topological polar surface area (TPSA) is 15.8 Å². The van der Waals surface area contributed by atoms with Crippen LogP contribution in [-0.4, -0.2) is 4.98 Å². The Kier molecular flexibility index (Phi) is 2.97. The Morgan fingerprint density at radius 2 is 1.48 bits per heavy atom. The summed E-state index contributed by atoms with van der Waals surface area (Å²) in [5.74, 6) is -1.50. The van der Waals surface area contributed by atoms with Gasteiger partial charge in [0.25, 0.3) is 0 Å². The van der Waals surface area contributed by atoms with Crippen molar-refractivity contribution < 1.29 is 22.0 Å². The van der Waals surface area contributed by atoms with Crippen molar-refractivity contribution in [3.05, 3.63) is 59.7 Å². The summed E-state index contributed by atoms with van der Waals surface area (Å²) >= 11 is 0. The SMILES string of the molecule is Fc1cc(F)cc(-c2cc3cc(C(F)(F)F)ccc3[nH]2)c1. The molecule has 1 N–H and O–H groups in total. The molecule has 1 aromatic heterocycles. The molecule has 0 amide bonds. The number of aromatic amines is 1. The summed E-state index contributed by atoms with van der Waals surface area (Å²) in [7, 11) is 0. The number of H-pyrrole nitrogens is 1. The number of benzene rings is 2. The van der Waals surface area contributed by atoms with E-state index >= 15 is 0 Å². The molecule has 0 fully saturated rings. The molecule has 0 aliphatic carbocycles. The molecule has 0 bridgehead atoms. The van der Waals surface area contributed by atoms with Crippen LogP contribution in [0.2, 0.25) is 0 Å². The van der Waals surface area contributed by atoms with Crippen molar-refractivity contribution in [2.45, 2.75) is 6.18 Å². The van der Waals surface area contributed by atoms with Gasteiger partial charge in [0.15, 0.2) is 0 Å². The Labute approximate surface area is 116 Å². The average Bonchev–Trinajstić information content (AvgIpc) is 2.79. The standard InChI is InChI=1S/C15H8F5N/c16-11-4-9(5-12(17)7-11)14-6-8-3-10(15(18,19)20)1-2-13(8)21-14/h1-7,21H. The molecule has 108 valence electrons. The van der Waals surface area contributed by atoms with Crippen LogP contribution in [0.4, 0.5) is 22.0 Å². The summed E-state index contributed by atoms with van der Waals surface area (Å²) in [4.78, 5) is 2.84. The summed E-state index contributed by atoms with van der Waals surface area (Å²) in [5, 5.41) is 0.324. The third-order valence-electron chi connectivity index (χ3n) is 3.12. The zero-order valence-electron chi connectivity index (χ0n) is 10.4. The lowest BCUT2D eigenvalue weighted by Crippen LogP contribution is -2.03. The van der Waals surface area contributed by atoms with Gasteiger partial charge in [-0.05, 0) is 36.4 Å². The summed E-state index contributed by atoms with van der Waals surface area (Å²) in [6.07, 6.45) is -4.43. The highest BCUT2D eigenvalue weighted by atomic mass is 19.4. The van der Waals surface area contributed by atoms with E-state index < -0.39 is 23.4 Å². The maximum absolute atomic E-state index is 13.2. The molecule has 0 spiro atoms. The van der Waals surface area contributed by atoms with Crippen molar-refractivity contribution in [2.24, 2.45) is 0 Å². The van der Waals surface area contributed by atoms with E-state index in [1.54, 1.807) is 0 Å². The van der Waals surface area contributed by atoms with Gasteiger partial charge in [-0.3, -0.25) is 0 Å². The van der Waals surface area contributed by atoms with Gasteiger partial charge in [-0.1, -0.05) is 0 Å². The molecule has 3 rings (SSSR count). The van der Waals surface area contributed by atoms with Crippen LogP contribution in [0.25, 0.3) is 22.2 Å². The van der Waals surface area contributed by atoms with Crippen LogP contribution in [0.3, 0.4) is 0 Å². The first kappa shape index (κ1) is 13.6. The molecule has 6 heteroatoms. The Morgan fingerprint density at radius 1 is 0.810 bits per heavy atom. The van der Waals surface area contributed by atoms with Gasteiger partial charge in [0.05, 0.1) is 5.56 Å². The first-order valence-electron chi connectivity index (χ1n) is 5.99. The number of fused-ring (bicyclic) bond motifs is 1. The predicted octanol–water partition coefficient (Wildman–Crippen LogP) is 5.13. The maximum atomic E-state index is 13.2. The van der Waals surface area contributed by atoms with Gasteiger partial charge in [-0.15, -0.1) is 0 Å².